The predicted octanol–water partition coefficient (Wildman–Crippen LogP) is -0.269. The molecule has 5 nitrogen and oxygen atoms in total. The van der Waals surface area contributed by atoms with Gasteiger partial charge in [0.2, 0.25) is 0 Å². The van der Waals surface area contributed by atoms with Crippen molar-refractivity contribution in [2.75, 3.05) is 6.54 Å². The lowest BCUT2D eigenvalue weighted by Gasteiger charge is -2.08. The molecule has 2 N–H and O–H groups in total. The van der Waals surface area contributed by atoms with E-state index in [1.54, 1.807) is 0 Å². The second-order valence-electron chi connectivity index (χ2n) is 3.53. The molecule has 74 valence electrons. The van der Waals surface area contributed by atoms with Crippen LogP contribution in [0.15, 0.2) is 18.7 Å². The minimum Gasteiger partial charge on any atom is -0.388 e. The molecular weight excluding hydrogens is 182 g/mol. The lowest BCUT2D eigenvalue weighted by Crippen LogP contribution is -2.33. The Labute approximate surface area is 81.2 Å². The monoisotopic (exact) mass is 193 g/mol. The fourth-order valence-electron chi connectivity index (χ4n) is 1.08. The maximum absolute atomic E-state index is 11.4. The third-order valence-corrected chi connectivity index (χ3v) is 2.23. The third kappa shape index (κ3) is 2.05. The third-order valence-electron chi connectivity index (χ3n) is 2.23. The molecule has 0 bridgehead atoms. The summed E-state index contributed by atoms with van der Waals surface area (Å²) >= 11 is 0. The van der Waals surface area contributed by atoms with Gasteiger partial charge < -0.3 is 10.4 Å². The second kappa shape index (κ2) is 3.34. The van der Waals surface area contributed by atoms with Gasteiger partial charge in [0.15, 0.2) is 0 Å². The van der Waals surface area contributed by atoms with Crippen molar-refractivity contribution in [1.82, 2.24) is 15.3 Å². The van der Waals surface area contributed by atoms with Gasteiger partial charge in [-0.2, -0.15) is 0 Å². The van der Waals surface area contributed by atoms with Crippen molar-refractivity contribution in [2.24, 2.45) is 0 Å². The van der Waals surface area contributed by atoms with Crippen LogP contribution in [0, 0.1) is 0 Å². The number of hydrogen-bond acceptors (Lipinski definition) is 4. The number of carbonyl (C=O) groups excluding carboxylic acids is 1. The van der Waals surface area contributed by atoms with Crippen molar-refractivity contribution in [1.29, 1.82) is 0 Å². The molecule has 1 heterocycles. The Morgan fingerprint density at radius 2 is 2.14 bits per heavy atom. The van der Waals surface area contributed by atoms with Gasteiger partial charge in [-0.3, -0.25) is 4.79 Å². The molecule has 1 aliphatic carbocycles. The Morgan fingerprint density at radius 3 is 2.71 bits per heavy atom. The van der Waals surface area contributed by atoms with Gasteiger partial charge >= 0.3 is 0 Å². The molecule has 5 heteroatoms. The lowest BCUT2D eigenvalue weighted by atomic mass is 10.3. The van der Waals surface area contributed by atoms with Crippen molar-refractivity contribution >= 4 is 5.91 Å². The molecule has 2 rings (SSSR count). The highest BCUT2D eigenvalue weighted by Crippen LogP contribution is 2.33. The Kier molecular flexibility index (Phi) is 2.17. The Balaban J connectivity index is 1.90. The molecule has 0 atom stereocenters. The first-order valence-corrected chi connectivity index (χ1v) is 4.45. The summed E-state index contributed by atoms with van der Waals surface area (Å²) in [4.78, 5) is 18.9. The number of nitrogens with zero attached hydrogens (tertiary/aromatic N) is 2. The van der Waals surface area contributed by atoms with E-state index in [1.165, 1.54) is 18.7 Å². The number of hydrogen-bond donors (Lipinski definition) is 2. The van der Waals surface area contributed by atoms with Crippen LogP contribution in [0.4, 0.5) is 0 Å². The van der Waals surface area contributed by atoms with Gasteiger partial charge in [0, 0.05) is 18.9 Å². The van der Waals surface area contributed by atoms with Gasteiger partial charge in [-0.05, 0) is 12.8 Å². The highest BCUT2D eigenvalue weighted by atomic mass is 16.3. The first-order chi connectivity index (χ1) is 6.70. The topological polar surface area (TPSA) is 75.1 Å². The first kappa shape index (κ1) is 9.08. The highest BCUT2D eigenvalue weighted by Gasteiger charge is 2.40. The van der Waals surface area contributed by atoms with E-state index in [-0.39, 0.29) is 5.91 Å². The van der Waals surface area contributed by atoms with Crippen molar-refractivity contribution < 1.29 is 9.90 Å². The quantitative estimate of drug-likeness (QED) is 0.693. The largest absolute Gasteiger partial charge is 0.388 e. The summed E-state index contributed by atoms with van der Waals surface area (Å²) < 4.78 is 0. The molecule has 1 aliphatic rings. The molecule has 0 unspecified atom stereocenters. The smallest absolute Gasteiger partial charge is 0.254 e. The maximum Gasteiger partial charge on any atom is 0.254 e. The summed E-state index contributed by atoms with van der Waals surface area (Å²) in [6, 6.07) is 0. The average molecular weight is 193 g/mol. The van der Waals surface area contributed by atoms with Gasteiger partial charge in [0.1, 0.15) is 6.33 Å². The van der Waals surface area contributed by atoms with Crippen molar-refractivity contribution in [2.45, 2.75) is 18.4 Å². The zero-order chi connectivity index (χ0) is 10.0. The second-order valence-corrected chi connectivity index (χ2v) is 3.53. The standard InChI is InChI=1S/C9H11N3O2/c13-8(7-3-10-6-11-4-7)12-5-9(14)1-2-9/h3-4,6,14H,1-2,5H2,(H,12,13). The fraction of sp³-hybridized carbons (Fsp3) is 0.444. The average Bonchev–Trinajstić information content (AvgIpc) is 2.95. The van der Waals surface area contributed by atoms with E-state index in [9.17, 15) is 9.90 Å². The number of aromatic nitrogens is 2. The number of carbonyl (C=O) groups is 1. The zero-order valence-corrected chi connectivity index (χ0v) is 7.60. The summed E-state index contributed by atoms with van der Waals surface area (Å²) in [5.74, 6) is -0.245. The van der Waals surface area contributed by atoms with E-state index in [2.05, 4.69) is 15.3 Å². The van der Waals surface area contributed by atoms with Crippen LogP contribution < -0.4 is 5.32 Å². The molecular formula is C9H11N3O2. The normalized spacial score (nSPS) is 17.5. The maximum atomic E-state index is 11.4. The molecule has 1 saturated carbocycles. The molecule has 1 aromatic heterocycles. The van der Waals surface area contributed by atoms with Crippen molar-refractivity contribution in [3.8, 4) is 0 Å². The van der Waals surface area contributed by atoms with Gasteiger partial charge in [-0.25, -0.2) is 9.97 Å². The van der Waals surface area contributed by atoms with Crippen LogP contribution in [0.3, 0.4) is 0 Å². The Bertz CT molecular complexity index is 335. The fourth-order valence-corrected chi connectivity index (χ4v) is 1.08. The lowest BCUT2D eigenvalue weighted by molar-refractivity contribution is 0.0895. The summed E-state index contributed by atoms with van der Waals surface area (Å²) in [6.07, 6.45) is 5.78. The highest BCUT2D eigenvalue weighted by molar-refractivity contribution is 5.93. The molecule has 0 radical (unpaired) electrons. The van der Waals surface area contributed by atoms with Crippen LogP contribution in [-0.2, 0) is 0 Å². The Hall–Kier alpha value is -1.49. The number of rotatable bonds is 3. The van der Waals surface area contributed by atoms with Crippen molar-refractivity contribution in [3.63, 3.8) is 0 Å². The van der Waals surface area contributed by atoms with E-state index in [0.717, 1.165) is 12.8 Å². The summed E-state index contributed by atoms with van der Waals surface area (Å²) in [7, 11) is 0. The van der Waals surface area contributed by atoms with Gasteiger partial charge in [0.25, 0.3) is 5.91 Å². The molecule has 1 amide bonds. The van der Waals surface area contributed by atoms with Crippen LogP contribution in [0.2, 0.25) is 0 Å². The van der Waals surface area contributed by atoms with E-state index in [1.807, 2.05) is 0 Å². The summed E-state index contributed by atoms with van der Waals surface area (Å²) in [5.41, 5.74) is -0.248. The zero-order valence-electron chi connectivity index (χ0n) is 7.60. The molecule has 0 spiro atoms. The van der Waals surface area contributed by atoms with E-state index in [4.69, 9.17) is 0 Å². The molecule has 0 aromatic carbocycles. The Morgan fingerprint density at radius 1 is 1.50 bits per heavy atom. The molecule has 0 saturated heterocycles. The van der Waals surface area contributed by atoms with Gasteiger partial charge in [-0.15, -0.1) is 0 Å². The van der Waals surface area contributed by atoms with E-state index >= 15 is 0 Å². The van der Waals surface area contributed by atoms with Crippen LogP contribution in [0.1, 0.15) is 23.2 Å². The number of amides is 1. The van der Waals surface area contributed by atoms with Crippen molar-refractivity contribution in [3.05, 3.63) is 24.3 Å². The van der Waals surface area contributed by atoms with E-state index < -0.39 is 5.60 Å². The molecule has 0 aliphatic heterocycles. The summed E-state index contributed by atoms with van der Waals surface area (Å²) in [6.45, 7) is 0.306. The molecule has 1 fully saturated rings. The van der Waals surface area contributed by atoms with Crippen LogP contribution in [0.25, 0.3) is 0 Å². The van der Waals surface area contributed by atoms with Gasteiger partial charge in [-0.1, -0.05) is 0 Å². The minimum absolute atomic E-state index is 0.245. The number of aliphatic hydroxyl groups is 1. The minimum atomic E-state index is -0.661. The van der Waals surface area contributed by atoms with Crippen LogP contribution in [0.5, 0.6) is 0 Å². The van der Waals surface area contributed by atoms with E-state index in [0.29, 0.717) is 12.1 Å². The predicted molar refractivity (Wildman–Crippen MR) is 48.5 cm³/mol. The first-order valence-electron chi connectivity index (χ1n) is 4.45. The number of nitrogens with one attached hydrogen (secondary N) is 1. The van der Waals surface area contributed by atoms with Gasteiger partial charge in [0.05, 0.1) is 11.2 Å². The van der Waals surface area contributed by atoms with Crippen LogP contribution >= 0.6 is 0 Å². The summed E-state index contributed by atoms with van der Waals surface area (Å²) in [5, 5.41) is 12.1. The molecule has 14 heavy (non-hydrogen) atoms. The SMILES string of the molecule is O=C(NCC1(O)CC1)c1cncnc1. The van der Waals surface area contributed by atoms with Crippen LogP contribution in [-0.4, -0.2) is 33.1 Å². The molecule has 1 aromatic rings.